The van der Waals surface area contributed by atoms with Crippen molar-refractivity contribution in [2.24, 2.45) is 0 Å². The molecular weight excluding hydrogens is 731 g/mol. The Kier molecular flexibility index (Phi) is 30.8. The van der Waals surface area contributed by atoms with Gasteiger partial charge in [0.25, 0.3) is 0 Å². The van der Waals surface area contributed by atoms with Gasteiger partial charge in [0, 0.05) is 0 Å². The molecule has 8 atom stereocenters. The van der Waals surface area contributed by atoms with Crippen molar-refractivity contribution in [2.75, 3.05) is 13.2 Å². The predicted molar refractivity (Wildman–Crippen MR) is 215 cm³/mol. The van der Waals surface area contributed by atoms with Gasteiger partial charge in [-0.25, -0.2) is 4.18 Å². The summed E-state index contributed by atoms with van der Waals surface area (Å²) in [5, 5.41) is 55.0. The maximum Gasteiger partial charge on any atom is 0.397 e. The van der Waals surface area contributed by atoms with Crippen molar-refractivity contribution in [1.82, 2.24) is 5.32 Å². The van der Waals surface area contributed by atoms with Gasteiger partial charge in [-0.05, 0) is 32.1 Å². The zero-order chi connectivity index (χ0) is 40.7. The van der Waals surface area contributed by atoms with E-state index >= 15 is 0 Å². The number of hydrogen-bond donors (Lipinski definition) is 7. The van der Waals surface area contributed by atoms with E-state index in [9.17, 15) is 38.7 Å². The van der Waals surface area contributed by atoms with Gasteiger partial charge in [0.1, 0.15) is 30.5 Å². The lowest BCUT2D eigenvalue weighted by Crippen LogP contribution is -2.61. The third kappa shape index (κ3) is 25.7. The van der Waals surface area contributed by atoms with E-state index in [1.807, 2.05) is 12.2 Å². The van der Waals surface area contributed by atoms with Crippen LogP contribution >= 0.6 is 0 Å². The van der Waals surface area contributed by atoms with Crippen LogP contribution in [0.25, 0.3) is 0 Å². The molecule has 1 saturated heterocycles. The van der Waals surface area contributed by atoms with Crippen LogP contribution in [0, 0.1) is 0 Å². The van der Waals surface area contributed by atoms with Crippen molar-refractivity contribution in [3.8, 4) is 0 Å². The number of amides is 1. The van der Waals surface area contributed by atoms with E-state index in [-0.39, 0.29) is 6.42 Å². The SMILES string of the molecule is CCCCCC/C=C\CCC(O)C(=O)NC(COC1OC(CO)C(O)C(OS(=O)(=O)O)C1O)C(O)CCCCCCCCCCCCCCCCCCCC. The van der Waals surface area contributed by atoms with Crippen LogP contribution < -0.4 is 5.32 Å². The molecule has 1 rings (SSSR count). The number of unbranched alkanes of at least 4 members (excludes halogenated alkanes) is 21. The lowest BCUT2D eigenvalue weighted by Gasteiger charge is -2.41. The molecule has 0 bridgehead atoms. The van der Waals surface area contributed by atoms with Crippen molar-refractivity contribution in [1.29, 1.82) is 0 Å². The topological polar surface area (TPSA) is 212 Å². The quantitative estimate of drug-likeness (QED) is 0.0203. The molecule has 0 aliphatic carbocycles. The Balaban J connectivity index is 2.56. The van der Waals surface area contributed by atoms with Crippen LogP contribution in [0.4, 0.5) is 0 Å². The molecule has 7 N–H and O–H groups in total. The lowest BCUT2D eigenvalue weighted by atomic mass is 9.99. The van der Waals surface area contributed by atoms with Gasteiger partial charge in [0.2, 0.25) is 5.91 Å². The van der Waals surface area contributed by atoms with E-state index < -0.39 is 78.5 Å². The minimum absolute atomic E-state index is 0.176. The van der Waals surface area contributed by atoms with Gasteiger partial charge in [0.15, 0.2) is 6.29 Å². The zero-order valence-corrected chi connectivity index (χ0v) is 34.9. The number of carbonyl (C=O) groups excluding carboxylic acids is 1. The number of ether oxygens (including phenoxy) is 2. The number of aliphatic hydroxyl groups excluding tert-OH is 5. The van der Waals surface area contributed by atoms with Gasteiger partial charge in [-0.1, -0.05) is 161 Å². The predicted octanol–water partition coefficient (Wildman–Crippen LogP) is 6.58. The molecule has 8 unspecified atom stereocenters. The summed E-state index contributed by atoms with van der Waals surface area (Å²) in [6.07, 6.45) is 21.5. The Bertz CT molecular complexity index is 1060. The second-order valence-corrected chi connectivity index (χ2v) is 16.5. The Morgan fingerprint density at radius 2 is 1.18 bits per heavy atom. The van der Waals surface area contributed by atoms with Crippen molar-refractivity contribution in [2.45, 2.75) is 230 Å². The van der Waals surface area contributed by atoms with Crippen LogP contribution in [0.1, 0.15) is 181 Å². The van der Waals surface area contributed by atoms with E-state index in [1.54, 1.807) is 0 Å². The number of hydrogen-bond acceptors (Lipinski definition) is 11. The Morgan fingerprint density at radius 1 is 0.709 bits per heavy atom. The summed E-state index contributed by atoms with van der Waals surface area (Å²) in [6.45, 7) is 3.19. The molecule has 55 heavy (non-hydrogen) atoms. The maximum absolute atomic E-state index is 13.0. The van der Waals surface area contributed by atoms with Gasteiger partial charge >= 0.3 is 10.4 Å². The smallest absolute Gasteiger partial charge is 0.394 e. The minimum Gasteiger partial charge on any atom is -0.394 e. The third-order valence-corrected chi connectivity index (χ3v) is 10.9. The summed E-state index contributed by atoms with van der Waals surface area (Å²) in [7, 11) is -5.11. The van der Waals surface area contributed by atoms with Crippen molar-refractivity contribution >= 4 is 16.3 Å². The van der Waals surface area contributed by atoms with Gasteiger partial charge in [0.05, 0.1) is 25.4 Å². The Morgan fingerprint density at radius 3 is 1.67 bits per heavy atom. The number of carbonyl (C=O) groups is 1. The molecule has 1 heterocycles. The number of nitrogens with one attached hydrogen (secondary N) is 1. The number of aliphatic hydroxyl groups is 5. The fourth-order valence-corrected chi connectivity index (χ4v) is 7.45. The zero-order valence-electron chi connectivity index (χ0n) is 34.1. The highest BCUT2D eigenvalue weighted by Crippen LogP contribution is 2.26. The molecule has 1 fully saturated rings. The van der Waals surface area contributed by atoms with Crippen LogP contribution in [-0.4, -0.2) is 107 Å². The molecule has 0 aromatic rings. The molecule has 0 spiro atoms. The number of allylic oxidation sites excluding steroid dienone is 2. The highest BCUT2D eigenvalue weighted by atomic mass is 32.3. The van der Waals surface area contributed by atoms with Gasteiger partial charge in [-0.2, -0.15) is 8.42 Å². The molecule has 326 valence electrons. The molecule has 1 aliphatic rings. The molecule has 0 saturated carbocycles. The average molecular weight is 810 g/mol. The van der Waals surface area contributed by atoms with E-state index in [2.05, 4.69) is 23.3 Å². The van der Waals surface area contributed by atoms with Crippen LogP contribution in [0.15, 0.2) is 12.2 Å². The third-order valence-electron chi connectivity index (χ3n) is 10.4. The largest absolute Gasteiger partial charge is 0.397 e. The Hall–Kier alpha value is -1.20. The minimum atomic E-state index is -5.11. The fourth-order valence-electron chi connectivity index (χ4n) is 6.94. The summed E-state index contributed by atoms with van der Waals surface area (Å²) in [6, 6.07) is -1.04. The van der Waals surface area contributed by atoms with Gasteiger partial charge in [-0.15, -0.1) is 0 Å². The molecule has 0 aromatic heterocycles. The first-order valence-electron chi connectivity index (χ1n) is 21.7. The van der Waals surface area contributed by atoms with Crippen molar-refractivity contribution in [3.63, 3.8) is 0 Å². The second kappa shape index (κ2) is 32.7. The van der Waals surface area contributed by atoms with Crippen molar-refractivity contribution in [3.05, 3.63) is 12.2 Å². The van der Waals surface area contributed by atoms with Crippen LogP contribution in [0.3, 0.4) is 0 Å². The first kappa shape index (κ1) is 51.8. The standard InChI is InChI=1S/C41H79NO12S/c1-3-5-7-9-11-13-14-15-16-17-18-19-20-21-22-24-25-27-29-34(44)33(42-40(48)35(45)30-28-26-23-12-10-8-6-4-2)32-52-41-38(47)39(54-55(49,50)51)37(46)36(31-43)53-41/h23,26,33-39,41,43-47H,3-22,24-25,27-32H2,1-2H3,(H,42,48)(H,49,50,51)/b26-23-. The monoisotopic (exact) mass is 810 g/mol. The number of rotatable bonds is 36. The molecule has 14 heteroatoms. The van der Waals surface area contributed by atoms with Crippen LogP contribution in [0.5, 0.6) is 0 Å². The van der Waals surface area contributed by atoms with E-state index in [1.165, 1.54) is 96.3 Å². The summed E-state index contributed by atoms with van der Waals surface area (Å²) in [5.74, 6) is -0.705. The molecule has 0 aromatic carbocycles. The molecule has 1 amide bonds. The summed E-state index contributed by atoms with van der Waals surface area (Å²) in [4.78, 5) is 13.0. The summed E-state index contributed by atoms with van der Waals surface area (Å²) >= 11 is 0. The average Bonchev–Trinajstić information content (AvgIpc) is 3.15. The summed E-state index contributed by atoms with van der Waals surface area (Å²) < 4.78 is 47.4. The van der Waals surface area contributed by atoms with Gasteiger partial charge in [-0.3, -0.25) is 9.35 Å². The van der Waals surface area contributed by atoms with E-state index in [4.69, 9.17) is 14.0 Å². The first-order valence-corrected chi connectivity index (χ1v) is 23.0. The van der Waals surface area contributed by atoms with E-state index in [0.29, 0.717) is 19.3 Å². The highest BCUT2D eigenvalue weighted by Gasteiger charge is 2.48. The Labute approximate surface area is 333 Å². The maximum atomic E-state index is 13.0. The summed E-state index contributed by atoms with van der Waals surface area (Å²) in [5.41, 5.74) is 0. The van der Waals surface area contributed by atoms with Crippen LogP contribution in [-0.2, 0) is 28.9 Å². The molecule has 0 radical (unpaired) electrons. The lowest BCUT2D eigenvalue weighted by molar-refractivity contribution is -0.298. The fraction of sp³-hybridized carbons (Fsp3) is 0.927. The highest BCUT2D eigenvalue weighted by molar-refractivity contribution is 7.80. The van der Waals surface area contributed by atoms with Gasteiger partial charge < -0.3 is 40.3 Å². The van der Waals surface area contributed by atoms with Crippen LogP contribution in [0.2, 0.25) is 0 Å². The molecular formula is C41H79NO12S. The molecule has 1 aliphatic heterocycles. The van der Waals surface area contributed by atoms with Crippen molar-refractivity contribution < 1.29 is 57.0 Å². The normalized spacial score (nSPS) is 22.2. The molecule has 13 nitrogen and oxygen atoms in total. The first-order chi connectivity index (χ1) is 26.4. The van der Waals surface area contributed by atoms with E-state index in [0.717, 1.165) is 44.9 Å². The second-order valence-electron chi connectivity index (χ2n) is 15.4.